The highest BCUT2D eigenvalue weighted by atomic mass is 32.7. The summed E-state index contributed by atoms with van der Waals surface area (Å²) in [5, 5.41) is 29.2. The first kappa shape index (κ1) is 32.5. The molecule has 3 fully saturated rings. The van der Waals surface area contributed by atoms with E-state index in [4.69, 9.17) is 39.4 Å². The van der Waals surface area contributed by atoms with Crippen molar-refractivity contribution < 1.29 is 47.2 Å². The smallest absolute Gasteiger partial charge is 0.386 e. The Kier molecular flexibility index (Phi) is 8.51. The van der Waals surface area contributed by atoms with E-state index >= 15 is 0 Å². The standard InChI is InChI=1S/C24H28N10O10P2S2/c35-15-11-5-39-45(37,47)43-17-12-6-40-46(38,48)44-18(15)24(41-11)34-10-32-14-20(28-8-30-22(14)34)26-4-2-1-3-25-19-13-21(29-7-27-19)33(9-31-13)23(42-12)16(17)36/h1-2,7-12,15-18,23-24,35-36H,3-6H2,(H,37,47)(H,38,48)(H,25,27,29)(H,26,28,30)/b2-1+/t11-,12-,15-,16-,17-,18-,23?,24-,45?,46?/m1/s1. The van der Waals surface area contributed by atoms with Gasteiger partial charge in [0, 0.05) is 13.1 Å². The van der Waals surface area contributed by atoms with Gasteiger partial charge in [-0.3, -0.25) is 22.7 Å². The quantitative estimate of drug-likeness (QED) is 0.0823. The van der Waals surface area contributed by atoms with Gasteiger partial charge in [-0.2, -0.15) is 0 Å². The van der Waals surface area contributed by atoms with Crippen LogP contribution in [0.15, 0.2) is 37.5 Å². The first-order valence-corrected chi connectivity index (χ1v) is 19.8. The Morgan fingerprint density at radius 1 is 0.792 bits per heavy atom. The third-order valence-corrected chi connectivity index (χ3v) is 11.3. The molecule has 0 aromatic carbocycles. The van der Waals surface area contributed by atoms with Crippen LogP contribution in [0.2, 0.25) is 0 Å². The van der Waals surface area contributed by atoms with Crippen molar-refractivity contribution in [1.82, 2.24) is 39.0 Å². The lowest BCUT2D eigenvalue weighted by Gasteiger charge is -2.27. The van der Waals surface area contributed by atoms with E-state index in [1.807, 2.05) is 12.2 Å². The number of nitrogens with one attached hydrogen (secondary N) is 2. The molecule has 4 aromatic rings. The number of hydrogen-bond donors (Lipinski definition) is 6. The molecule has 4 aromatic heterocycles. The molecule has 10 atom stereocenters. The number of hydrogen-bond acceptors (Lipinski definition) is 18. The Morgan fingerprint density at radius 2 is 1.38 bits per heavy atom. The van der Waals surface area contributed by atoms with Crippen LogP contribution in [0.1, 0.15) is 12.5 Å². The molecular weight excluding hydrogens is 714 g/mol. The molecular formula is C24H28N10O10P2S2. The Bertz CT molecular complexity index is 1990. The van der Waals surface area contributed by atoms with Gasteiger partial charge in [-0.25, -0.2) is 34.5 Å². The molecule has 4 aliphatic rings. The summed E-state index contributed by atoms with van der Waals surface area (Å²) < 4.78 is 51.8. The Labute approximate surface area is 280 Å². The fourth-order valence-electron chi connectivity index (χ4n) is 5.92. The predicted octanol–water partition coefficient (Wildman–Crippen LogP) is 0.648. The largest absolute Gasteiger partial charge is 0.387 e. The van der Waals surface area contributed by atoms with E-state index in [1.54, 1.807) is 0 Å². The average molecular weight is 743 g/mol. The molecule has 4 aliphatic heterocycles. The summed E-state index contributed by atoms with van der Waals surface area (Å²) in [5.41, 5.74) is 1.40. The summed E-state index contributed by atoms with van der Waals surface area (Å²) in [7, 11) is 0. The summed E-state index contributed by atoms with van der Waals surface area (Å²) >= 11 is 9.47. The minimum atomic E-state index is -4.30. The fourth-order valence-corrected chi connectivity index (χ4v) is 8.83. The van der Waals surface area contributed by atoms with Gasteiger partial charge in [-0.15, -0.1) is 0 Å². The van der Waals surface area contributed by atoms with Gasteiger partial charge in [0.05, 0.1) is 25.9 Å². The first-order chi connectivity index (χ1) is 23.1. The predicted molar refractivity (Wildman–Crippen MR) is 171 cm³/mol. The van der Waals surface area contributed by atoms with Crippen molar-refractivity contribution in [2.75, 3.05) is 36.9 Å². The summed E-state index contributed by atoms with van der Waals surface area (Å²) in [4.78, 5) is 37.3. The number of anilines is 2. The van der Waals surface area contributed by atoms with Gasteiger partial charge < -0.3 is 39.7 Å². The second-order valence-electron chi connectivity index (χ2n) is 11.1. The van der Waals surface area contributed by atoms with E-state index in [2.05, 4.69) is 52.8 Å². The van der Waals surface area contributed by atoms with Crippen LogP contribution >= 0.6 is 25.8 Å². The number of aromatic nitrogens is 8. The summed E-state index contributed by atoms with van der Waals surface area (Å²) in [6.07, 6.45) is -1.10. The number of aliphatic hydroxyl groups excluding tert-OH is 2. The van der Waals surface area contributed by atoms with Crippen LogP contribution in [-0.4, -0.2) is 117 Å². The highest BCUT2D eigenvalue weighted by Crippen LogP contribution is 2.58. The maximum Gasteiger partial charge on any atom is 0.386 e. The van der Waals surface area contributed by atoms with Gasteiger partial charge in [0.1, 0.15) is 49.3 Å². The molecule has 0 spiro atoms. The van der Waals surface area contributed by atoms with Crippen molar-refractivity contribution >= 4 is 71.5 Å². The van der Waals surface area contributed by atoms with E-state index in [0.717, 1.165) is 0 Å². The summed E-state index contributed by atoms with van der Waals surface area (Å²) in [6, 6.07) is 0. The lowest BCUT2D eigenvalue weighted by atomic mass is 10.1. The molecule has 8 rings (SSSR count). The van der Waals surface area contributed by atoms with Crippen LogP contribution in [-0.2, 0) is 43.9 Å². The topological polar surface area (TPSA) is 244 Å². The van der Waals surface area contributed by atoms with E-state index in [0.29, 0.717) is 47.1 Å². The molecule has 3 unspecified atom stereocenters. The van der Waals surface area contributed by atoms with E-state index in [-0.39, 0.29) is 0 Å². The maximum absolute atomic E-state index is 13.7. The third kappa shape index (κ3) is 5.93. The van der Waals surface area contributed by atoms with Gasteiger partial charge >= 0.3 is 13.5 Å². The highest BCUT2D eigenvalue weighted by Gasteiger charge is 2.53. The maximum atomic E-state index is 13.7. The molecule has 0 radical (unpaired) electrons. The zero-order valence-corrected chi connectivity index (χ0v) is 27.9. The van der Waals surface area contributed by atoms with E-state index < -0.39 is 75.8 Å². The number of aliphatic hydroxyl groups is 2. The molecule has 20 nitrogen and oxygen atoms in total. The molecule has 24 heteroatoms. The van der Waals surface area contributed by atoms with E-state index in [9.17, 15) is 19.7 Å². The number of ether oxygens (including phenoxy) is 2. The number of fused-ring (bicyclic) bond motifs is 7. The van der Waals surface area contributed by atoms with Gasteiger partial charge in [-0.05, 0) is 11.8 Å². The summed E-state index contributed by atoms with van der Waals surface area (Å²) in [5.74, 6) is 0.848. The van der Waals surface area contributed by atoms with Gasteiger partial charge in [-0.1, -0.05) is 24.4 Å². The lowest BCUT2D eigenvalue weighted by molar-refractivity contribution is -0.0588. The molecule has 8 heterocycles. The van der Waals surface area contributed by atoms with Crippen LogP contribution in [0.5, 0.6) is 0 Å². The SMILES string of the molecule is O=P1(S)OC[C@H]2OC3[C@H](O)[C@@H]2OP(O)(=S)OC[C@H]2O[C@H]([C@H](O1)[C@@H]2O)n1cnc2c(ncnc21)NC/C=C/CNc1ncnc2c1ncn23. The normalized spacial score (nSPS) is 38.0. The number of imidazole rings is 2. The number of thiol groups is 1. The van der Waals surface area contributed by atoms with Crippen molar-refractivity contribution in [2.45, 2.75) is 49.1 Å². The highest BCUT2D eigenvalue weighted by molar-refractivity contribution is 8.44. The van der Waals surface area contributed by atoms with Crippen molar-refractivity contribution in [2.24, 2.45) is 0 Å². The lowest BCUT2D eigenvalue weighted by Crippen LogP contribution is -2.36. The zero-order chi connectivity index (χ0) is 33.2. The van der Waals surface area contributed by atoms with Crippen molar-refractivity contribution in [3.63, 3.8) is 0 Å². The molecule has 256 valence electrons. The van der Waals surface area contributed by atoms with Crippen molar-refractivity contribution in [3.8, 4) is 0 Å². The minimum absolute atomic E-state index is 0.310. The van der Waals surface area contributed by atoms with Crippen LogP contribution in [0, 0.1) is 0 Å². The van der Waals surface area contributed by atoms with Crippen molar-refractivity contribution in [3.05, 3.63) is 37.5 Å². The molecule has 0 aliphatic carbocycles. The second kappa shape index (κ2) is 12.6. The number of rotatable bonds is 0. The van der Waals surface area contributed by atoms with Gasteiger partial charge in [0.25, 0.3) is 0 Å². The Balaban J connectivity index is 1.23. The molecule has 3 saturated heterocycles. The molecule has 48 heavy (non-hydrogen) atoms. The molecule has 5 N–H and O–H groups in total. The average Bonchev–Trinajstić information content (AvgIpc) is 3.81. The first-order valence-electron chi connectivity index (χ1n) is 14.5. The second-order valence-corrected chi connectivity index (χ2v) is 16.8. The third-order valence-electron chi connectivity index (χ3n) is 8.14. The zero-order valence-electron chi connectivity index (χ0n) is 24.4. The fraction of sp³-hybridized carbons (Fsp3) is 0.500. The summed E-state index contributed by atoms with van der Waals surface area (Å²) in [6.45, 7) is -8.65. The van der Waals surface area contributed by atoms with Gasteiger partial charge in [0.15, 0.2) is 46.4 Å². The van der Waals surface area contributed by atoms with Crippen molar-refractivity contribution in [1.29, 1.82) is 0 Å². The van der Waals surface area contributed by atoms with Crippen LogP contribution in [0.3, 0.4) is 0 Å². The van der Waals surface area contributed by atoms with Crippen LogP contribution in [0.25, 0.3) is 22.3 Å². The van der Waals surface area contributed by atoms with E-state index in [1.165, 1.54) is 34.4 Å². The Hall–Kier alpha value is -2.69. The Morgan fingerprint density at radius 3 is 2.02 bits per heavy atom. The van der Waals surface area contributed by atoms with Gasteiger partial charge in [0.2, 0.25) is 0 Å². The number of nitrogens with zero attached hydrogens (tertiary/aromatic N) is 8. The molecule has 12 bridgehead atoms. The van der Waals surface area contributed by atoms with Crippen LogP contribution in [0.4, 0.5) is 11.6 Å². The minimum Gasteiger partial charge on any atom is -0.387 e. The molecule has 0 amide bonds. The van der Waals surface area contributed by atoms with Crippen LogP contribution < -0.4 is 10.6 Å². The molecule has 0 saturated carbocycles. The monoisotopic (exact) mass is 742 g/mol.